The summed E-state index contributed by atoms with van der Waals surface area (Å²) >= 11 is 2.36. The van der Waals surface area contributed by atoms with E-state index < -0.39 is 6.10 Å². The number of aliphatic hydroxyl groups is 1. The average Bonchev–Trinajstić information content (AvgIpc) is 2.79. The number of benzene rings is 2. The van der Waals surface area contributed by atoms with Crippen molar-refractivity contribution < 1.29 is 9.59 Å². The van der Waals surface area contributed by atoms with Crippen molar-refractivity contribution in [2.75, 3.05) is 13.1 Å². The van der Waals surface area contributed by atoms with Crippen LogP contribution in [-0.2, 0) is 6.54 Å². The highest BCUT2D eigenvalue weighted by Crippen LogP contribution is 2.48. The van der Waals surface area contributed by atoms with E-state index in [-0.39, 0.29) is 6.04 Å². The molecule has 6 rings (SSSR count). The van der Waals surface area contributed by atoms with Gasteiger partial charge in [-0.1, -0.05) is 36.4 Å². The van der Waals surface area contributed by atoms with Crippen molar-refractivity contribution in [3.8, 4) is 0 Å². The Morgan fingerprint density at radius 1 is 1.17 bits per heavy atom. The summed E-state index contributed by atoms with van der Waals surface area (Å²) in [4.78, 5) is 4.51. The predicted octanol–water partition coefficient (Wildman–Crippen LogP) is 5.48. The summed E-state index contributed by atoms with van der Waals surface area (Å²) in [5.41, 5.74) is 3.34. The van der Waals surface area contributed by atoms with Crippen molar-refractivity contribution in [2.45, 2.75) is 31.5 Å². The van der Waals surface area contributed by atoms with Gasteiger partial charge in [-0.3, -0.25) is 4.98 Å². The number of aromatic nitrogens is 1. The molecule has 1 unspecified atom stereocenters. The van der Waals surface area contributed by atoms with Crippen LogP contribution < -0.4 is 0 Å². The number of halogens is 1. The molecule has 154 valence electrons. The third kappa shape index (κ3) is 3.49. The van der Waals surface area contributed by atoms with Gasteiger partial charge in [-0.2, -0.15) is 0 Å². The van der Waals surface area contributed by atoms with Crippen LogP contribution in [0.5, 0.6) is 0 Å². The number of hydrogen-bond donors (Lipinski definition) is 1. The summed E-state index contributed by atoms with van der Waals surface area (Å²) in [5, 5.41) is 12.8. The number of fused-ring (bicyclic) bond motifs is 4. The molecular weight excluding hydrogens is 483 g/mol. The molecule has 4 heteroatoms. The number of nitrogens with zero attached hydrogens (tertiary/aromatic N) is 2. The molecule has 3 saturated heterocycles. The second-order valence-electron chi connectivity index (χ2n) is 9.02. The molecule has 30 heavy (non-hydrogen) atoms. The SMILES string of the molecule is C=C[C@H]1C[N+]2(Cc3ccc(I)cc3)CC[C@H]1C[C@@H]2[C@@H](O)c1ccnc2ccccc12. The standard InChI is InChI=1S/C26H28IN2O/c1-2-19-17-29(16-18-7-9-21(27)10-8-18)14-12-20(19)15-25(29)26(30)23-11-13-28-24-6-4-3-5-22(23)24/h2-11,13,19-20,25-26,30H,1,12,14-17H2/q+1/t19-,20-,25+,26-,29?/m0/s1. The molecule has 1 aromatic heterocycles. The maximum absolute atomic E-state index is 11.7. The highest BCUT2D eigenvalue weighted by molar-refractivity contribution is 14.1. The lowest BCUT2D eigenvalue weighted by Crippen LogP contribution is -2.67. The number of quaternary nitrogens is 1. The summed E-state index contributed by atoms with van der Waals surface area (Å²) in [6.07, 6.45) is 5.79. The highest BCUT2D eigenvalue weighted by atomic mass is 127. The first-order valence-corrected chi connectivity index (χ1v) is 11.9. The summed E-state index contributed by atoms with van der Waals surface area (Å²) < 4.78 is 2.21. The smallest absolute Gasteiger partial charge is 0.131 e. The fourth-order valence-electron chi connectivity index (χ4n) is 5.92. The number of pyridine rings is 1. The molecule has 2 aromatic carbocycles. The van der Waals surface area contributed by atoms with E-state index in [4.69, 9.17) is 0 Å². The van der Waals surface area contributed by atoms with Gasteiger partial charge in [-0.15, -0.1) is 6.58 Å². The van der Waals surface area contributed by atoms with Crippen molar-refractivity contribution in [1.82, 2.24) is 4.98 Å². The highest BCUT2D eigenvalue weighted by Gasteiger charge is 2.53. The Morgan fingerprint density at radius 3 is 2.77 bits per heavy atom. The summed E-state index contributed by atoms with van der Waals surface area (Å²) in [7, 11) is 0. The first kappa shape index (κ1) is 20.2. The molecule has 0 spiro atoms. The minimum Gasteiger partial charge on any atom is -0.382 e. The Morgan fingerprint density at radius 2 is 1.97 bits per heavy atom. The van der Waals surface area contributed by atoms with Crippen LogP contribution in [0.4, 0.5) is 0 Å². The van der Waals surface area contributed by atoms with Crippen molar-refractivity contribution in [2.24, 2.45) is 11.8 Å². The van der Waals surface area contributed by atoms with Gasteiger partial charge in [-0.05, 0) is 58.3 Å². The van der Waals surface area contributed by atoms with Crippen LogP contribution in [0, 0.1) is 15.4 Å². The van der Waals surface area contributed by atoms with Crippen molar-refractivity contribution in [3.05, 3.63) is 88.1 Å². The lowest BCUT2D eigenvalue weighted by atomic mass is 9.71. The minimum absolute atomic E-state index is 0.199. The lowest BCUT2D eigenvalue weighted by molar-refractivity contribution is -0.984. The molecule has 0 amide bonds. The van der Waals surface area contributed by atoms with Crippen LogP contribution in [0.15, 0.2) is 73.4 Å². The second-order valence-corrected chi connectivity index (χ2v) is 10.3. The first-order valence-electron chi connectivity index (χ1n) is 10.8. The van der Waals surface area contributed by atoms with E-state index in [0.29, 0.717) is 11.8 Å². The van der Waals surface area contributed by atoms with Gasteiger partial charge >= 0.3 is 0 Å². The molecule has 3 nitrogen and oxygen atoms in total. The zero-order valence-electron chi connectivity index (χ0n) is 17.1. The predicted molar refractivity (Wildman–Crippen MR) is 130 cm³/mol. The third-order valence-corrected chi connectivity index (χ3v) is 8.17. The number of rotatable bonds is 5. The van der Waals surface area contributed by atoms with Crippen LogP contribution in [0.1, 0.15) is 30.1 Å². The van der Waals surface area contributed by atoms with Gasteiger partial charge in [0.05, 0.1) is 18.6 Å². The molecule has 1 N–H and O–H groups in total. The molecule has 3 aliphatic rings. The zero-order valence-corrected chi connectivity index (χ0v) is 19.3. The fraction of sp³-hybridized carbons (Fsp3) is 0.346. The summed E-state index contributed by atoms with van der Waals surface area (Å²) in [5.74, 6) is 1.17. The maximum atomic E-state index is 11.7. The zero-order chi connectivity index (χ0) is 20.7. The van der Waals surface area contributed by atoms with E-state index in [1.165, 1.54) is 15.6 Å². The van der Waals surface area contributed by atoms with E-state index in [0.717, 1.165) is 47.0 Å². The van der Waals surface area contributed by atoms with Crippen LogP contribution in [0.3, 0.4) is 0 Å². The molecule has 3 fully saturated rings. The van der Waals surface area contributed by atoms with Gasteiger partial charge in [0.15, 0.2) is 0 Å². The lowest BCUT2D eigenvalue weighted by Gasteiger charge is -2.58. The Hall–Kier alpha value is -1.76. The van der Waals surface area contributed by atoms with Crippen LogP contribution in [0.2, 0.25) is 0 Å². The van der Waals surface area contributed by atoms with Gasteiger partial charge in [0, 0.05) is 39.5 Å². The normalized spacial score (nSPS) is 29.1. The third-order valence-electron chi connectivity index (χ3n) is 7.45. The molecule has 3 aliphatic heterocycles. The van der Waals surface area contributed by atoms with Crippen molar-refractivity contribution in [1.29, 1.82) is 0 Å². The number of hydrogen-bond acceptors (Lipinski definition) is 2. The Bertz CT molecular complexity index is 1060. The molecular formula is C26H28IN2O+. The van der Waals surface area contributed by atoms with E-state index >= 15 is 0 Å². The van der Waals surface area contributed by atoms with Crippen LogP contribution in [0.25, 0.3) is 10.9 Å². The first-order chi connectivity index (χ1) is 14.6. The molecule has 5 atom stereocenters. The van der Waals surface area contributed by atoms with Gasteiger partial charge in [0.25, 0.3) is 0 Å². The molecule has 0 aliphatic carbocycles. The van der Waals surface area contributed by atoms with E-state index in [1.54, 1.807) is 0 Å². The van der Waals surface area contributed by atoms with Crippen LogP contribution in [-0.4, -0.2) is 33.7 Å². The topological polar surface area (TPSA) is 33.1 Å². The largest absolute Gasteiger partial charge is 0.382 e. The number of para-hydroxylation sites is 1. The Labute approximate surface area is 192 Å². The van der Waals surface area contributed by atoms with Crippen molar-refractivity contribution >= 4 is 33.5 Å². The van der Waals surface area contributed by atoms with E-state index in [2.05, 4.69) is 70.6 Å². The summed E-state index contributed by atoms with van der Waals surface area (Å²) in [6.45, 7) is 7.32. The molecule has 2 bridgehead atoms. The number of piperidine rings is 3. The molecule has 4 heterocycles. The van der Waals surface area contributed by atoms with E-state index in [1.807, 2.05) is 30.5 Å². The van der Waals surface area contributed by atoms with Gasteiger partial charge < -0.3 is 9.59 Å². The molecule has 3 aromatic rings. The maximum Gasteiger partial charge on any atom is 0.131 e. The monoisotopic (exact) mass is 511 g/mol. The Balaban J connectivity index is 1.55. The summed E-state index contributed by atoms with van der Waals surface area (Å²) in [6, 6.07) is 19.3. The van der Waals surface area contributed by atoms with Gasteiger partial charge in [-0.25, -0.2) is 0 Å². The Kier molecular flexibility index (Phi) is 5.42. The number of aliphatic hydroxyl groups excluding tert-OH is 1. The quantitative estimate of drug-likeness (QED) is 0.280. The van der Waals surface area contributed by atoms with Crippen molar-refractivity contribution in [3.63, 3.8) is 0 Å². The fourth-order valence-corrected chi connectivity index (χ4v) is 6.28. The van der Waals surface area contributed by atoms with Gasteiger partial charge in [0.1, 0.15) is 18.7 Å². The van der Waals surface area contributed by atoms with Crippen LogP contribution >= 0.6 is 22.6 Å². The minimum atomic E-state index is -0.490. The molecule has 0 saturated carbocycles. The molecule has 0 radical (unpaired) electrons. The second kappa shape index (κ2) is 8.06. The van der Waals surface area contributed by atoms with E-state index in [9.17, 15) is 5.11 Å². The average molecular weight is 511 g/mol. The van der Waals surface area contributed by atoms with Gasteiger partial charge in [0.2, 0.25) is 0 Å².